The van der Waals surface area contributed by atoms with Crippen molar-refractivity contribution in [3.05, 3.63) is 22.7 Å². The zero-order valence-corrected chi connectivity index (χ0v) is 43.6. The highest BCUT2D eigenvalue weighted by Crippen LogP contribution is 2.60. The summed E-state index contributed by atoms with van der Waals surface area (Å²) in [7, 11) is -10.8. The number of aliphatic hydroxyl groups excluding tert-OH is 2. The maximum atomic E-state index is 12.9. The molecule has 1 aromatic rings. The maximum absolute atomic E-state index is 12.9. The standard InChI is InChI=1S/C48H89N3O15P2/c1-38(2)29-25-21-17-13-11-9-7-5-6-8-10-12-14-20-24-28-32-44(53)64-40(35-61-43(52)31-27-23-19-16-15-18-22-26-30-39(3)4)36-62-67(57,58)66-68(59,60)63-37-41-45(54)46(55)47(65-41)51-34-33-42(49)50-48(51)56/h33-34,38-41,45-47,54-55H,5-32,35-37H2,1-4H3,(H,57,58)(H,59,60)(H2,49,50,56)/t40-,41-,45+,46?,47-/m1/s1. The van der Waals surface area contributed by atoms with E-state index in [-0.39, 0.29) is 18.7 Å². The third-order valence-corrected chi connectivity index (χ3v) is 14.6. The Bertz CT molecular complexity index is 1670. The molecule has 1 aromatic heterocycles. The maximum Gasteiger partial charge on any atom is 0.481 e. The van der Waals surface area contributed by atoms with E-state index in [4.69, 9.17) is 29.0 Å². The summed E-state index contributed by atoms with van der Waals surface area (Å²) in [5.74, 6) is 0.250. The van der Waals surface area contributed by atoms with Crippen LogP contribution in [0.15, 0.2) is 17.1 Å². The van der Waals surface area contributed by atoms with Crippen LogP contribution in [0, 0.1) is 11.8 Å². The molecule has 3 unspecified atom stereocenters. The van der Waals surface area contributed by atoms with E-state index in [1.165, 1.54) is 115 Å². The van der Waals surface area contributed by atoms with Gasteiger partial charge in [0.25, 0.3) is 0 Å². The summed E-state index contributed by atoms with van der Waals surface area (Å²) in [4.78, 5) is 61.9. The molecule has 0 bridgehead atoms. The van der Waals surface area contributed by atoms with Crippen molar-refractivity contribution < 1.29 is 66.3 Å². The largest absolute Gasteiger partial charge is 0.481 e. The van der Waals surface area contributed by atoms with Gasteiger partial charge in [-0.2, -0.15) is 9.29 Å². The molecule has 1 aliphatic rings. The van der Waals surface area contributed by atoms with Gasteiger partial charge in [0, 0.05) is 19.0 Å². The number of nitrogen functional groups attached to an aromatic ring is 1. The Kier molecular flexibility index (Phi) is 32.6. The molecule has 1 aliphatic heterocycles. The summed E-state index contributed by atoms with van der Waals surface area (Å²) in [6, 6.07) is 1.25. The minimum atomic E-state index is -5.42. The van der Waals surface area contributed by atoms with E-state index >= 15 is 0 Å². The zero-order valence-electron chi connectivity index (χ0n) is 41.8. The Balaban J connectivity index is 1.77. The molecular weight excluding hydrogens is 920 g/mol. The highest BCUT2D eigenvalue weighted by molar-refractivity contribution is 7.61. The summed E-state index contributed by atoms with van der Waals surface area (Å²) >= 11 is 0. The Labute approximate surface area is 406 Å². The molecule has 396 valence electrons. The number of ether oxygens (including phenoxy) is 3. The number of rotatable bonds is 42. The number of unbranched alkanes of at least 4 members (excludes halogenated alkanes) is 22. The van der Waals surface area contributed by atoms with Crippen molar-refractivity contribution in [2.45, 2.75) is 238 Å². The third-order valence-electron chi connectivity index (χ3n) is 12.0. The van der Waals surface area contributed by atoms with Gasteiger partial charge in [0.15, 0.2) is 12.3 Å². The molecule has 1 fully saturated rings. The molecule has 1 saturated heterocycles. The number of phosphoric acid groups is 2. The first-order chi connectivity index (χ1) is 32.4. The second-order valence-electron chi connectivity index (χ2n) is 19.3. The number of nitrogens with zero attached hydrogens (tertiary/aromatic N) is 2. The van der Waals surface area contributed by atoms with Crippen LogP contribution in [0.25, 0.3) is 0 Å². The average Bonchev–Trinajstić information content (AvgIpc) is 3.55. The Morgan fingerprint density at radius 3 is 1.54 bits per heavy atom. The number of esters is 2. The number of carbonyl (C=O) groups is 2. The fraction of sp³-hybridized carbons (Fsp3) is 0.875. The molecule has 2 rings (SSSR count). The topological polar surface area (TPSA) is 265 Å². The lowest BCUT2D eigenvalue weighted by Gasteiger charge is -2.21. The van der Waals surface area contributed by atoms with Crippen LogP contribution in [0.4, 0.5) is 5.82 Å². The van der Waals surface area contributed by atoms with Crippen molar-refractivity contribution in [3.63, 3.8) is 0 Å². The number of nitrogens with two attached hydrogens (primary N) is 1. The van der Waals surface area contributed by atoms with E-state index in [0.717, 1.165) is 67.8 Å². The fourth-order valence-electron chi connectivity index (χ4n) is 8.04. The van der Waals surface area contributed by atoms with Crippen molar-refractivity contribution in [3.8, 4) is 0 Å². The first-order valence-corrected chi connectivity index (χ1v) is 28.8. The normalized spacial score (nSPS) is 19.6. The Morgan fingerprint density at radius 2 is 1.09 bits per heavy atom. The van der Waals surface area contributed by atoms with Crippen molar-refractivity contribution in [1.29, 1.82) is 0 Å². The third kappa shape index (κ3) is 29.8. The van der Waals surface area contributed by atoms with Gasteiger partial charge in [-0.3, -0.25) is 23.2 Å². The Hall–Kier alpha value is -2.24. The number of phosphoric ester groups is 2. The summed E-state index contributed by atoms with van der Waals surface area (Å²) in [6.07, 6.45) is 23.6. The van der Waals surface area contributed by atoms with Gasteiger partial charge in [0.05, 0.1) is 13.2 Å². The molecule has 0 aromatic carbocycles. The van der Waals surface area contributed by atoms with Crippen LogP contribution in [-0.2, 0) is 46.3 Å². The smallest absolute Gasteiger partial charge is 0.462 e. The zero-order chi connectivity index (χ0) is 50.2. The highest BCUT2D eigenvalue weighted by atomic mass is 31.3. The van der Waals surface area contributed by atoms with E-state index in [9.17, 15) is 43.5 Å². The molecule has 20 heteroatoms. The van der Waals surface area contributed by atoms with Crippen LogP contribution in [0.1, 0.15) is 214 Å². The predicted octanol–water partition coefficient (Wildman–Crippen LogP) is 10.4. The number of carbonyl (C=O) groups excluding carboxylic acids is 2. The van der Waals surface area contributed by atoms with E-state index < -0.39 is 83.7 Å². The molecule has 68 heavy (non-hydrogen) atoms. The molecule has 18 nitrogen and oxygen atoms in total. The summed E-state index contributed by atoms with van der Waals surface area (Å²) in [5.41, 5.74) is 4.59. The summed E-state index contributed by atoms with van der Waals surface area (Å²) < 4.78 is 56.8. The van der Waals surface area contributed by atoms with Gasteiger partial charge < -0.3 is 39.9 Å². The van der Waals surface area contributed by atoms with Gasteiger partial charge in [0.1, 0.15) is 30.7 Å². The van der Waals surface area contributed by atoms with Gasteiger partial charge >= 0.3 is 33.3 Å². The number of anilines is 1. The number of aromatic nitrogens is 2. The minimum Gasteiger partial charge on any atom is -0.462 e. The lowest BCUT2D eigenvalue weighted by Crippen LogP contribution is -2.36. The monoisotopic (exact) mass is 1010 g/mol. The fourth-order valence-corrected chi connectivity index (χ4v) is 10.1. The molecule has 6 N–H and O–H groups in total. The minimum absolute atomic E-state index is 0.0568. The van der Waals surface area contributed by atoms with Crippen LogP contribution in [0.5, 0.6) is 0 Å². The SMILES string of the molecule is CC(C)CCCCCCCCCCCCCCCCCCC(=O)O[C@H](COC(=O)CCCCCCCCCCC(C)C)COP(=O)(O)OP(=O)(O)OC[C@H]1O[C@@H](n2ccc(N)nc2=O)C(O)[C@H]1O. The first kappa shape index (κ1) is 61.9. The average molecular weight is 1010 g/mol. The lowest BCUT2D eigenvalue weighted by atomic mass is 10.0. The molecule has 2 heterocycles. The molecular formula is C48H89N3O15P2. The molecule has 0 radical (unpaired) electrons. The quantitative estimate of drug-likeness (QED) is 0.0231. The molecule has 0 saturated carbocycles. The van der Waals surface area contributed by atoms with Gasteiger partial charge in [-0.1, -0.05) is 182 Å². The van der Waals surface area contributed by atoms with E-state index in [1.807, 2.05) is 0 Å². The summed E-state index contributed by atoms with van der Waals surface area (Å²) in [6.45, 7) is 6.76. The van der Waals surface area contributed by atoms with Crippen molar-refractivity contribution in [2.24, 2.45) is 11.8 Å². The van der Waals surface area contributed by atoms with Crippen LogP contribution < -0.4 is 11.4 Å². The summed E-state index contributed by atoms with van der Waals surface area (Å²) in [5, 5.41) is 20.9. The molecule has 0 spiro atoms. The van der Waals surface area contributed by atoms with E-state index in [0.29, 0.717) is 12.8 Å². The highest BCUT2D eigenvalue weighted by Gasteiger charge is 2.46. The van der Waals surface area contributed by atoms with Crippen molar-refractivity contribution in [1.82, 2.24) is 9.55 Å². The number of hydrogen-bond donors (Lipinski definition) is 5. The van der Waals surface area contributed by atoms with Crippen LogP contribution in [-0.4, -0.2) is 85.7 Å². The molecule has 7 atom stereocenters. The van der Waals surface area contributed by atoms with Crippen LogP contribution in [0.3, 0.4) is 0 Å². The van der Waals surface area contributed by atoms with Gasteiger partial charge in [-0.15, -0.1) is 0 Å². The Morgan fingerprint density at radius 1 is 0.662 bits per heavy atom. The van der Waals surface area contributed by atoms with Crippen molar-refractivity contribution in [2.75, 3.05) is 25.6 Å². The van der Waals surface area contributed by atoms with Gasteiger partial charge in [-0.25, -0.2) is 13.9 Å². The van der Waals surface area contributed by atoms with Crippen LogP contribution >= 0.6 is 15.6 Å². The van der Waals surface area contributed by atoms with Crippen molar-refractivity contribution >= 4 is 33.4 Å². The lowest BCUT2D eigenvalue weighted by molar-refractivity contribution is -0.161. The van der Waals surface area contributed by atoms with Crippen LogP contribution in [0.2, 0.25) is 0 Å². The predicted molar refractivity (Wildman–Crippen MR) is 261 cm³/mol. The first-order valence-electron chi connectivity index (χ1n) is 25.8. The second kappa shape index (κ2) is 35.8. The van der Waals surface area contributed by atoms with E-state index in [1.54, 1.807) is 0 Å². The second-order valence-corrected chi connectivity index (χ2v) is 22.4. The van der Waals surface area contributed by atoms with Gasteiger partial charge in [-0.05, 0) is 30.7 Å². The molecule has 0 aliphatic carbocycles. The number of hydrogen-bond acceptors (Lipinski definition) is 15. The molecule has 0 amide bonds. The number of aliphatic hydroxyl groups is 2. The van der Waals surface area contributed by atoms with Gasteiger partial charge in [0.2, 0.25) is 0 Å². The van der Waals surface area contributed by atoms with E-state index in [2.05, 4.69) is 37.0 Å².